The second kappa shape index (κ2) is 6.30. The molecule has 1 spiro atoms. The maximum Gasteiger partial charge on any atom is 0.253 e. The molecule has 3 nitrogen and oxygen atoms in total. The Bertz CT molecular complexity index is 648. The van der Waals surface area contributed by atoms with E-state index >= 15 is 0 Å². The number of likely N-dealkylation sites (tertiary alicyclic amines) is 2. The molecule has 4 rings (SSSR count). The minimum absolute atomic E-state index is 0.0167. The summed E-state index contributed by atoms with van der Waals surface area (Å²) in [6.45, 7) is 5.19. The van der Waals surface area contributed by atoms with Crippen LogP contribution in [0.25, 0.3) is 0 Å². The summed E-state index contributed by atoms with van der Waals surface area (Å²) >= 11 is 5.83. The highest BCUT2D eigenvalue weighted by molar-refractivity contribution is 6.31. The Kier molecular flexibility index (Phi) is 4.29. The van der Waals surface area contributed by atoms with Crippen molar-refractivity contribution in [2.45, 2.75) is 32.1 Å². The van der Waals surface area contributed by atoms with Gasteiger partial charge in [-0.2, -0.15) is 0 Å². The second-order valence-corrected chi connectivity index (χ2v) is 8.29. The summed E-state index contributed by atoms with van der Waals surface area (Å²) in [5.74, 6) is 0.419. The van der Waals surface area contributed by atoms with Gasteiger partial charge in [-0.25, -0.2) is 4.39 Å². The first-order valence-electron chi connectivity index (χ1n) is 9.01. The van der Waals surface area contributed by atoms with Crippen LogP contribution >= 0.6 is 11.6 Å². The fraction of sp³-hybridized carbons (Fsp3) is 0.632. The van der Waals surface area contributed by atoms with Crippen molar-refractivity contribution in [3.05, 3.63) is 34.6 Å². The molecular formula is C19H24ClFN2O. The van der Waals surface area contributed by atoms with Crippen LogP contribution in [0.3, 0.4) is 0 Å². The Balaban J connectivity index is 1.43. The molecule has 1 aromatic rings. The largest absolute Gasteiger partial charge is 0.338 e. The predicted octanol–water partition coefficient (Wildman–Crippen LogP) is 3.82. The van der Waals surface area contributed by atoms with Gasteiger partial charge >= 0.3 is 0 Å². The molecule has 24 heavy (non-hydrogen) atoms. The lowest BCUT2D eigenvalue weighted by Crippen LogP contribution is -2.46. The van der Waals surface area contributed by atoms with Crippen LogP contribution in [0.4, 0.5) is 4.39 Å². The Morgan fingerprint density at radius 1 is 1.25 bits per heavy atom. The molecule has 1 amide bonds. The topological polar surface area (TPSA) is 23.6 Å². The molecule has 3 aliphatic rings. The van der Waals surface area contributed by atoms with Crippen LogP contribution in [0.1, 0.15) is 42.5 Å². The van der Waals surface area contributed by atoms with Crippen LogP contribution in [-0.4, -0.2) is 48.4 Å². The van der Waals surface area contributed by atoms with Crippen LogP contribution in [0.15, 0.2) is 18.2 Å². The smallest absolute Gasteiger partial charge is 0.253 e. The number of benzene rings is 1. The van der Waals surface area contributed by atoms with E-state index in [-0.39, 0.29) is 16.3 Å². The van der Waals surface area contributed by atoms with Gasteiger partial charge in [-0.1, -0.05) is 11.6 Å². The molecule has 130 valence electrons. The molecular weight excluding hydrogens is 327 g/mol. The van der Waals surface area contributed by atoms with Crippen molar-refractivity contribution >= 4 is 17.5 Å². The summed E-state index contributed by atoms with van der Waals surface area (Å²) in [6.07, 6.45) is 6.30. The van der Waals surface area contributed by atoms with Gasteiger partial charge in [0.2, 0.25) is 0 Å². The first kappa shape index (κ1) is 16.3. The summed E-state index contributed by atoms with van der Waals surface area (Å²) in [4.78, 5) is 17.3. The van der Waals surface area contributed by atoms with E-state index in [1.807, 2.05) is 4.90 Å². The quantitative estimate of drug-likeness (QED) is 0.827. The van der Waals surface area contributed by atoms with Crippen LogP contribution in [0.2, 0.25) is 5.02 Å². The van der Waals surface area contributed by atoms with Crippen molar-refractivity contribution in [1.29, 1.82) is 0 Å². The maximum absolute atomic E-state index is 13.3. The van der Waals surface area contributed by atoms with E-state index in [0.717, 1.165) is 32.0 Å². The summed E-state index contributed by atoms with van der Waals surface area (Å²) in [6, 6.07) is 4.26. The van der Waals surface area contributed by atoms with Crippen molar-refractivity contribution in [1.82, 2.24) is 9.80 Å². The highest BCUT2D eigenvalue weighted by atomic mass is 35.5. The molecule has 3 fully saturated rings. The predicted molar refractivity (Wildman–Crippen MR) is 92.8 cm³/mol. The Morgan fingerprint density at radius 2 is 2.08 bits per heavy atom. The number of rotatable bonds is 3. The summed E-state index contributed by atoms with van der Waals surface area (Å²) < 4.78 is 13.3. The van der Waals surface area contributed by atoms with E-state index in [2.05, 4.69) is 4.90 Å². The highest BCUT2D eigenvalue weighted by Crippen LogP contribution is 2.41. The zero-order valence-electron chi connectivity index (χ0n) is 13.9. The van der Waals surface area contributed by atoms with Crippen LogP contribution in [-0.2, 0) is 0 Å². The van der Waals surface area contributed by atoms with Crippen LogP contribution in [0.5, 0.6) is 0 Å². The molecule has 5 heteroatoms. The Hall–Kier alpha value is -1.13. The molecule has 0 unspecified atom stereocenters. The fourth-order valence-electron chi connectivity index (χ4n) is 4.38. The zero-order valence-corrected chi connectivity index (χ0v) is 14.7. The minimum atomic E-state index is -0.478. The number of carbonyl (C=O) groups excluding carboxylic acids is 1. The second-order valence-electron chi connectivity index (χ2n) is 7.89. The number of piperidine rings is 1. The first-order valence-corrected chi connectivity index (χ1v) is 9.39. The standard InChI is InChI=1S/C19H24ClFN2O/c20-16-10-15(4-5-17(16)21)18(24)23-9-7-19(13-23)6-1-8-22(12-19)11-14-2-3-14/h4-5,10,14H,1-3,6-9,11-13H2/t19-/m0/s1. The minimum Gasteiger partial charge on any atom is -0.338 e. The molecule has 0 N–H and O–H groups in total. The van der Waals surface area contributed by atoms with Gasteiger partial charge in [0.1, 0.15) is 5.82 Å². The van der Waals surface area contributed by atoms with E-state index in [1.54, 1.807) is 0 Å². The van der Waals surface area contributed by atoms with E-state index in [4.69, 9.17) is 11.6 Å². The number of hydrogen-bond donors (Lipinski definition) is 0. The van der Waals surface area contributed by atoms with Gasteiger partial charge in [0, 0.05) is 37.2 Å². The molecule has 2 saturated heterocycles. The fourth-order valence-corrected chi connectivity index (χ4v) is 4.57. The molecule has 1 aliphatic carbocycles. The van der Waals surface area contributed by atoms with Crippen molar-refractivity contribution in [2.75, 3.05) is 32.7 Å². The van der Waals surface area contributed by atoms with Crippen molar-refractivity contribution in [3.63, 3.8) is 0 Å². The number of halogens is 2. The van der Waals surface area contributed by atoms with Gasteiger partial charge < -0.3 is 9.80 Å². The lowest BCUT2D eigenvalue weighted by Gasteiger charge is -2.40. The lowest BCUT2D eigenvalue weighted by molar-refractivity contribution is 0.0681. The maximum atomic E-state index is 13.3. The third-order valence-corrected chi connectivity index (χ3v) is 6.14. The average Bonchev–Trinajstić information content (AvgIpc) is 3.29. The first-order chi connectivity index (χ1) is 11.5. The van der Waals surface area contributed by atoms with E-state index in [0.29, 0.717) is 5.56 Å². The normalized spacial score (nSPS) is 27.8. The number of carbonyl (C=O) groups is 1. The molecule has 2 aliphatic heterocycles. The summed E-state index contributed by atoms with van der Waals surface area (Å²) in [7, 11) is 0. The molecule has 0 aromatic heterocycles. The number of hydrogen-bond acceptors (Lipinski definition) is 2. The Labute approximate surface area is 147 Å². The molecule has 2 heterocycles. The zero-order chi connectivity index (χ0) is 16.7. The number of amides is 1. The highest BCUT2D eigenvalue weighted by Gasteiger charge is 2.43. The van der Waals surface area contributed by atoms with Gasteiger partial charge in [0.25, 0.3) is 5.91 Å². The summed E-state index contributed by atoms with van der Waals surface area (Å²) in [5, 5.41) is 0.0167. The third-order valence-electron chi connectivity index (χ3n) is 5.85. The van der Waals surface area contributed by atoms with Gasteiger partial charge in [-0.15, -0.1) is 0 Å². The summed E-state index contributed by atoms with van der Waals surface area (Å²) in [5.41, 5.74) is 0.746. The van der Waals surface area contributed by atoms with Crippen molar-refractivity contribution in [2.24, 2.45) is 11.3 Å². The molecule has 1 aromatic carbocycles. The van der Waals surface area contributed by atoms with Crippen LogP contribution < -0.4 is 0 Å². The van der Waals surface area contributed by atoms with E-state index in [1.165, 1.54) is 57.0 Å². The molecule has 1 saturated carbocycles. The van der Waals surface area contributed by atoms with Gasteiger partial charge in [0.15, 0.2) is 0 Å². The van der Waals surface area contributed by atoms with Gasteiger partial charge in [-0.3, -0.25) is 4.79 Å². The number of nitrogens with zero attached hydrogens (tertiary/aromatic N) is 2. The molecule has 0 radical (unpaired) electrons. The lowest BCUT2D eigenvalue weighted by atomic mass is 9.79. The van der Waals surface area contributed by atoms with Crippen LogP contribution in [0, 0.1) is 17.2 Å². The monoisotopic (exact) mass is 350 g/mol. The van der Waals surface area contributed by atoms with Gasteiger partial charge in [0.05, 0.1) is 5.02 Å². The van der Waals surface area contributed by atoms with Crippen molar-refractivity contribution in [3.8, 4) is 0 Å². The molecule has 0 bridgehead atoms. The van der Waals surface area contributed by atoms with Crippen molar-refractivity contribution < 1.29 is 9.18 Å². The molecule has 1 atom stereocenters. The van der Waals surface area contributed by atoms with Gasteiger partial charge in [-0.05, 0) is 62.8 Å². The average molecular weight is 351 g/mol. The van der Waals surface area contributed by atoms with E-state index < -0.39 is 5.82 Å². The third kappa shape index (κ3) is 3.31. The SMILES string of the molecule is O=C(c1ccc(F)c(Cl)c1)N1CC[C@]2(CCCN(CC3CC3)C2)C1. The van der Waals surface area contributed by atoms with E-state index in [9.17, 15) is 9.18 Å². The Morgan fingerprint density at radius 3 is 2.83 bits per heavy atom.